The van der Waals surface area contributed by atoms with E-state index in [4.69, 9.17) is 0 Å². The summed E-state index contributed by atoms with van der Waals surface area (Å²) >= 11 is 0. The molecule has 0 bridgehead atoms. The molecule has 1 heterocycles. The molecule has 3 heteroatoms. The summed E-state index contributed by atoms with van der Waals surface area (Å²) < 4.78 is 0. The van der Waals surface area contributed by atoms with Gasteiger partial charge in [0, 0.05) is 24.8 Å². The van der Waals surface area contributed by atoms with Gasteiger partial charge in [-0.25, -0.2) is 0 Å². The molecule has 0 saturated heterocycles. The lowest BCUT2D eigenvalue weighted by Crippen LogP contribution is -2.41. The van der Waals surface area contributed by atoms with Crippen LogP contribution in [0.1, 0.15) is 29.8 Å². The van der Waals surface area contributed by atoms with Crippen LogP contribution in [0.4, 0.5) is 0 Å². The molecule has 2 unspecified atom stereocenters. The van der Waals surface area contributed by atoms with Gasteiger partial charge in [-0.1, -0.05) is 37.3 Å². The molecule has 1 aromatic carbocycles. The van der Waals surface area contributed by atoms with Crippen molar-refractivity contribution in [3.05, 3.63) is 65.5 Å². The molecule has 0 radical (unpaired) electrons. The Balaban J connectivity index is 1.82. The molecule has 1 aliphatic rings. The van der Waals surface area contributed by atoms with Gasteiger partial charge >= 0.3 is 0 Å². The number of nitrogens with one attached hydrogen (secondary N) is 1. The molecule has 1 aliphatic carbocycles. The third kappa shape index (κ3) is 2.85. The normalized spacial score (nSPS) is 20.7. The molecule has 0 saturated carbocycles. The highest BCUT2D eigenvalue weighted by Crippen LogP contribution is 2.34. The van der Waals surface area contributed by atoms with E-state index in [0.29, 0.717) is 12.1 Å². The van der Waals surface area contributed by atoms with Gasteiger partial charge in [0.1, 0.15) is 0 Å². The lowest BCUT2D eigenvalue weighted by molar-refractivity contribution is 0.167. The first-order valence-electron chi connectivity index (χ1n) is 7.72. The number of benzene rings is 1. The first kappa shape index (κ1) is 14.2. The van der Waals surface area contributed by atoms with Gasteiger partial charge in [0.05, 0.1) is 5.69 Å². The Morgan fingerprint density at radius 1 is 1.19 bits per heavy atom. The van der Waals surface area contributed by atoms with E-state index in [9.17, 15) is 0 Å². The topological polar surface area (TPSA) is 28.2 Å². The molecule has 3 rings (SSSR count). The van der Waals surface area contributed by atoms with Gasteiger partial charge in [-0.2, -0.15) is 0 Å². The van der Waals surface area contributed by atoms with Gasteiger partial charge in [0.2, 0.25) is 0 Å². The van der Waals surface area contributed by atoms with E-state index in [0.717, 1.165) is 25.2 Å². The lowest BCUT2D eigenvalue weighted by Gasteiger charge is -2.32. The number of aromatic nitrogens is 1. The molecule has 0 spiro atoms. The monoisotopic (exact) mass is 281 g/mol. The maximum absolute atomic E-state index is 4.48. The van der Waals surface area contributed by atoms with Crippen molar-refractivity contribution in [2.45, 2.75) is 32.0 Å². The smallest absolute Gasteiger partial charge is 0.0544 e. The third-order valence-corrected chi connectivity index (χ3v) is 4.48. The molecular formula is C18H23N3. The van der Waals surface area contributed by atoms with Crippen LogP contribution < -0.4 is 5.32 Å². The zero-order valence-corrected chi connectivity index (χ0v) is 12.8. The Morgan fingerprint density at radius 2 is 2.00 bits per heavy atom. The van der Waals surface area contributed by atoms with Crippen LogP contribution in [0.2, 0.25) is 0 Å². The van der Waals surface area contributed by atoms with Crippen LogP contribution in [0.5, 0.6) is 0 Å². The highest BCUT2D eigenvalue weighted by atomic mass is 15.2. The standard InChI is InChI=1S/C18H23N3/c1-3-21(13-15-9-6-7-11-20-15)17-12-14-8-4-5-10-16(14)18(17)19-2/h4-11,17-19H,3,12-13H2,1-2H3. The number of hydrogen-bond donors (Lipinski definition) is 1. The fourth-order valence-electron chi connectivity index (χ4n) is 3.43. The molecule has 3 nitrogen and oxygen atoms in total. The second kappa shape index (κ2) is 6.37. The Morgan fingerprint density at radius 3 is 2.71 bits per heavy atom. The van der Waals surface area contributed by atoms with Gasteiger partial charge in [-0.15, -0.1) is 0 Å². The van der Waals surface area contributed by atoms with Crippen molar-refractivity contribution < 1.29 is 0 Å². The largest absolute Gasteiger partial charge is 0.312 e. The number of pyridine rings is 1. The van der Waals surface area contributed by atoms with Crippen LogP contribution in [0, 0.1) is 0 Å². The number of likely N-dealkylation sites (N-methyl/N-ethyl adjacent to an activating group) is 2. The van der Waals surface area contributed by atoms with Crippen LogP contribution in [0.3, 0.4) is 0 Å². The minimum absolute atomic E-state index is 0.407. The van der Waals surface area contributed by atoms with Crippen molar-refractivity contribution in [1.29, 1.82) is 0 Å². The molecule has 0 aliphatic heterocycles. The first-order valence-corrected chi connectivity index (χ1v) is 7.72. The van der Waals surface area contributed by atoms with Crippen molar-refractivity contribution in [1.82, 2.24) is 15.2 Å². The van der Waals surface area contributed by atoms with Crippen molar-refractivity contribution >= 4 is 0 Å². The maximum Gasteiger partial charge on any atom is 0.0544 e. The summed E-state index contributed by atoms with van der Waals surface area (Å²) in [4.78, 5) is 7.01. The highest BCUT2D eigenvalue weighted by Gasteiger charge is 2.34. The SMILES string of the molecule is CCN(Cc1ccccn1)C1Cc2ccccc2C1NC. The molecule has 110 valence electrons. The molecule has 2 aromatic rings. The number of rotatable bonds is 5. The number of fused-ring (bicyclic) bond motifs is 1. The van der Waals surface area contributed by atoms with Gasteiger partial charge in [-0.3, -0.25) is 9.88 Å². The quantitative estimate of drug-likeness (QED) is 0.913. The Hall–Kier alpha value is -1.71. The summed E-state index contributed by atoms with van der Waals surface area (Å²) in [6, 6.07) is 15.9. The summed E-state index contributed by atoms with van der Waals surface area (Å²) in [5.41, 5.74) is 4.07. The Kier molecular flexibility index (Phi) is 4.32. The third-order valence-electron chi connectivity index (χ3n) is 4.48. The van der Waals surface area contributed by atoms with Crippen LogP contribution in [0.25, 0.3) is 0 Å². The molecule has 21 heavy (non-hydrogen) atoms. The van der Waals surface area contributed by atoms with Crippen molar-refractivity contribution in [3.63, 3.8) is 0 Å². The Labute approximate surface area is 127 Å². The molecular weight excluding hydrogens is 258 g/mol. The zero-order valence-electron chi connectivity index (χ0n) is 12.8. The van der Waals surface area contributed by atoms with Crippen molar-refractivity contribution in [2.75, 3.05) is 13.6 Å². The average Bonchev–Trinajstić information content (AvgIpc) is 2.92. The van der Waals surface area contributed by atoms with E-state index in [-0.39, 0.29) is 0 Å². The Bertz CT molecular complexity index is 582. The summed E-state index contributed by atoms with van der Waals surface area (Å²) in [5.74, 6) is 0. The van der Waals surface area contributed by atoms with E-state index in [1.165, 1.54) is 11.1 Å². The first-order chi connectivity index (χ1) is 10.3. The van der Waals surface area contributed by atoms with E-state index in [1.54, 1.807) is 0 Å². The van der Waals surface area contributed by atoms with E-state index >= 15 is 0 Å². The van der Waals surface area contributed by atoms with E-state index < -0.39 is 0 Å². The summed E-state index contributed by atoms with van der Waals surface area (Å²) in [7, 11) is 2.06. The summed E-state index contributed by atoms with van der Waals surface area (Å²) in [6.07, 6.45) is 2.99. The van der Waals surface area contributed by atoms with Gasteiger partial charge in [0.15, 0.2) is 0 Å². The van der Waals surface area contributed by atoms with Gasteiger partial charge < -0.3 is 5.32 Å². The van der Waals surface area contributed by atoms with E-state index in [2.05, 4.69) is 65.6 Å². The average molecular weight is 281 g/mol. The maximum atomic E-state index is 4.48. The van der Waals surface area contributed by atoms with Crippen LogP contribution >= 0.6 is 0 Å². The van der Waals surface area contributed by atoms with E-state index in [1.807, 2.05) is 12.3 Å². The lowest BCUT2D eigenvalue weighted by atomic mass is 10.1. The van der Waals surface area contributed by atoms with Crippen molar-refractivity contribution in [3.8, 4) is 0 Å². The fraction of sp³-hybridized carbons (Fsp3) is 0.389. The van der Waals surface area contributed by atoms with Crippen LogP contribution in [-0.4, -0.2) is 29.5 Å². The fourth-order valence-corrected chi connectivity index (χ4v) is 3.43. The second-order valence-corrected chi connectivity index (χ2v) is 5.62. The molecule has 0 amide bonds. The number of nitrogens with zero attached hydrogens (tertiary/aromatic N) is 2. The number of hydrogen-bond acceptors (Lipinski definition) is 3. The van der Waals surface area contributed by atoms with Crippen LogP contribution in [0.15, 0.2) is 48.7 Å². The molecule has 1 N–H and O–H groups in total. The summed E-state index contributed by atoms with van der Waals surface area (Å²) in [5, 5.41) is 3.51. The minimum atomic E-state index is 0.407. The molecule has 2 atom stereocenters. The zero-order chi connectivity index (χ0) is 14.7. The molecule has 1 aromatic heterocycles. The highest BCUT2D eigenvalue weighted by molar-refractivity contribution is 5.37. The van der Waals surface area contributed by atoms with Gasteiger partial charge in [0.25, 0.3) is 0 Å². The summed E-state index contributed by atoms with van der Waals surface area (Å²) in [6.45, 7) is 4.18. The van der Waals surface area contributed by atoms with Gasteiger partial charge in [-0.05, 0) is 43.3 Å². The minimum Gasteiger partial charge on any atom is -0.312 e. The van der Waals surface area contributed by atoms with Crippen LogP contribution in [-0.2, 0) is 13.0 Å². The second-order valence-electron chi connectivity index (χ2n) is 5.62. The van der Waals surface area contributed by atoms with Crippen molar-refractivity contribution in [2.24, 2.45) is 0 Å². The predicted molar refractivity (Wildman–Crippen MR) is 86.1 cm³/mol. The molecule has 0 fully saturated rings. The predicted octanol–water partition coefficient (Wildman–Crippen LogP) is 2.79.